The first kappa shape index (κ1) is 15.5. The van der Waals surface area contributed by atoms with E-state index in [1.807, 2.05) is 30.3 Å². The Labute approximate surface area is 137 Å². The van der Waals surface area contributed by atoms with Crippen LogP contribution in [0.2, 0.25) is 0 Å². The zero-order chi connectivity index (χ0) is 16.9. The molecule has 1 atom stereocenters. The summed E-state index contributed by atoms with van der Waals surface area (Å²) in [5.74, 6) is 0.0812. The fourth-order valence-electron chi connectivity index (χ4n) is 2.22. The summed E-state index contributed by atoms with van der Waals surface area (Å²) < 4.78 is 0. The Balaban J connectivity index is 1.71. The molecule has 0 radical (unpaired) electrons. The fraction of sp³-hybridized carbons (Fsp3) is 0.125. The van der Waals surface area contributed by atoms with Crippen LogP contribution in [0.5, 0.6) is 5.75 Å². The van der Waals surface area contributed by atoms with Crippen molar-refractivity contribution in [3.8, 4) is 5.75 Å². The first-order chi connectivity index (χ1) is 11.6. The van der Waals surface area contributed by atoms with Crippen molar-refractivity contribution in [3.63, 3.8) is 0 Å². The van der Waals surface area contributed by atoms with E-state index < -0.39 is 4.92 Å². The van der Waals surface area contributed by atoms with Gasteiger partial charge in [-0.2, -0.15) is 10.2 Å². The molecule has 0 aromatic heterocycles. The van der Waals surface area contributed by atoms with Crippen LogP contribution in [-0.4, -0.2) is 17.0 Å². The summed E-state index contributed by atoms with van der Waals surface area (Å²) in [6.07, 6.45) is 1.70. The fourth-order valence-corrected chi connectivity index (χ4v) is 2.22. The van der Waals surface area contributed by atoms with Crippen molar-refractivity contribution < 1.29 is 10.0 Å². The van der Waals surface area contributed by atoms with E-state index in [1.165, 1.54) is 6.21 Å². The Morgan fingerprint density at radius 1 is 1.21 bits per heavy atom. The summed E-state index contributed by atoms with van der Waals surface area (Å²) in [7, 11) is 0. The Morgan fingerprint density at radius 2 is 2.00 bits per heavy atom. The minimum absolute atomic E-state index is 0.0898. The quantitative estimate of drug-likeness (QED) is 0.489. The van der Waals surface area contributed by atoms with Gasteiger partial charge in [0.1, 0.15) is 6.04 Å². The SMILES string of the molecule is O=[N+]([O-])c1ccc([O-])c(/C=N\N=C2\C[C@@H](c3ccccc3)N=N2)c1. The summed E-state index contributed by atoms with van der Waals surface area (Å²) in [5, 5.41) is 38.2. The Morgan fingerprint density at radius 3 is 2.75 bits per heavy atom. The maximum Gasteiger partial charge on any atom is 0.270 e. The second kappa shape index (κ2) is 6.78. The van der Waals surface area contributed by atoms with E-state index in [0.29, 0.717) is 12.3 Å². The monoisotopic (exact) mass is 322 g/mol. The summed E-state index contributed by atoms with van der Waals surface area (Å²) in [4.78, 5) is 10.2. The number of hydrogen-bond acceptors (Lipinski definition) is 6. The normalized spacial score (nSPS) is 18.5. The lowest BCUT2D eigenvalue weighted by Crippen LogP contribution is -1.98. The van der Waals surface area contributed by atoms with Gasteiger partial charge in [0.2, 0.25) is 0 Å². The molecule has 0 bridgehead atoms. The third kappa shape index (κ3) is 3.49. The van der Waals surface area contributed by atoms with E-state index >= 15 is 0 Å². The van der Waals surface area contributed by atoms with Gasteiger partial charge in [-0.1, -0.05) is 42.1 Å². The van der Waals surface area contributed by atoms with Crippen molar-refractivity contribution in [1.29, 1.82) is 0 Å². The zero-order valence-corrected chi connectivity index (χ0v) is 12.4. The van der Waals surface area contributed by atoms with Gasteiger partial charge >= 0.3 is 0 Å². The molecule has 8 heteroatoms. The molecule has 0 saturated carbocycles. The maximum atomic E-state index is 11.7. The van der Waals surface area contributed by atoms with Crippen LogP contribution in [0, 0.1) is 10.1 Å². The number of benzene rings is 2. The van der Waals surface area contributed by atoms with E-state index in [9.17, 15) is 15.2 Å². The molecule has 0 saturated heterocycles. The van der Waals surface area contributed by atoms with Gasteiger partial charge in [-0.15, -0.1) is 10.2 Å². The number of amidine groups is 1. The molecule has 1 heterocycles. The minimum atomic E-state index is -0.571. The number of nitrogens with zero attached hydrogens (tertiary/aromatic N) is 5. The Hall–Kier alpha value is -3.42. The molecular weight excluding hydrogens is 310 g/mol. The molecule has 0 fully saturated rings. The minimum Gasteiger partial charge on any atom is -0.872 e. The van der Waals surface area contributed by atoms with Gasteiger partial charge in [0.15, 0.2) is 5.84 Å². The molecule has 0 amide bonds. The van der Waals surface area contributed by atoms with Crippen molar-refractivity contribution in [2.45, 2.75) is 12.5 Å². The van der Waals surface area contributed by atoms with Crippen molar-refractivity contribution in [1.82, 2.24) is 0 Å². The predicted octanol–water partition coefficient (Wildman–Crippen LogP) is 3.00. The highest BCUT2D eigenvalue weighted by molar-refractivity contribution is 5.87. The number of rotatable bonds is 4. The summed E-state index contributed by atoms with van der Waals surface area (Å²) in [6, 6.07) is 13.1. The highest BCUT2D eigenvalue weighted by atomic mass is 16.6. The van der Waals surface area contributed by atoms with Gasteiger partial charge in [-0.25, -0.2) is 0 Å². The van der Waals surface area contributed by atoms with E-state index in [1.54, 1.807) is 0 Å². The summed E-state index contributed by atoms with van der Waals surface area (Å²) in [6.45, 7) is 0. The molecule has 0 N–H and O–H groups in total. The topological polar surface area (TPSA) is 116 Å². The second-order valence-electron chi connectivity index (χ2n) is 5.09. The number of nitro groups is 1. The molecule has 0 unspecified atom stereocenters. The first-order valence-corrected chi connectivity index (χ1v) is 7.14. The molecule has 120 valence electrons. The third-order valence-corrected chi connectivity index (χ3v) is 3.45. The second-order valence-corrected chi connectivity index (χ2v) is 5.09. The van der Waals surface area contributed by atoms with Crippen LogP contribution >= 0.6 is 0 Å². The van der Waals surface area contributed by atoms with E-state index in [4.69, 9.17) is 0 Å². The van der Waals surface area contributed by atoms with Gasteiger partial charge in [0, 0.05) is 18.6 Å². The molecule has 0 aliphatic carbocycles. The molecular formula is C16H12N5O3-. The lowest BCUT2D eigenvalue weighted by atomic mass is 10.1. The smallest absolute Gasteiger partial charge is 0.270 e. The van der Waals surface area contributed by atoms with Crippen molar-refractivity contribution in [3.05, 3.63) is 69.8 Å². The standard InChI is InChI=1S/C16H13N5O3/c22-15-7-6-13(21(23)24)8-12(15)10-17-19-16-9-14(18-20-16)11-4-2-1-3-5-11/h1-8,10,14,22H,9H2/p-1/b17-10-,19-16-/t14-/m0/s1. The van der Waals surface area contributed by atoms with Crippen molar-refractivity contribution >= 4 is 17.7 Å². The van der Waals surface area contributed by atoms with Crippen LogP contribution in [0.4, 0.5) is 5.69 Å². The number of hydrogen-bond donors (Lipinski definition) is 0. The van der Waals surface area contributed by atoms with Crippen LogP contribution in [0.25, 0.3) is 0 Å². The Kier molecular flexibility index (Phi) is 4.37. The molecule has 3 rings (SSSR count). The average molecular weight is 322 g/mol. The van der Waals surface area contributed by atoms with Gasteiger partial charge in [0.25, 0.3) is 5.69 Å². The van der Waals surface area contributed by atoms with E-state index in [0.717, 1.165) is 23.8 Å². The third-order valence-electron chi connectivity index (χ3n) is 3.45. The molecule has 1 aliphatic rings. The molecule has 8 nitrogen and oxygen atoms in total. The van der Waals surface area contributed by atoms with Crippen LogP contribution in [0.15, 0.2) is 69.0 Å². The Bertz CT molecular complexity index is 846. The molecule has 1 aliphatic heterocycles. The molecule has 2 aromatic rings. The summed E-state index contributed by atoms with van der Waals surface area (Å²) >= 11 is 0. The van der Waals surface area contributed by atoms with Crippen molar-refractivity contribution in [2.75, 3.05) is 0 Å². The predicted molar refractivity (Wildman–Crippen MR) is 86.2 cm³/mol. The largest absolute Gasteiger partial charge is 0.872 e. The molecule has 0 spiro atoms. The van der Waals surface area contributed by atoms with Crippen molar-refractivity contribution in [2.24, 2.45) is 20.4 Å². The van der Waals surface area contributed by atoms with Gasteiger partial charge in [-0.05, 0) is 11.1 Å². The van der Waals surface area contributed by atoms with Gasteiger partial charge < -0.3 is 5.11 Å². The first-order valence-electron chi connectivity index (χ1n) is 7.14. The van der Waals surface area contributed by atoms with Crippen LogP contribution in [0.3, 0.4) is 0 Å². The molecule has 2 aromatic carbocycles. The van der Waals surface area contributed by atoms with Gasteiger partial charge in [0.05, 0.1) is 11.1 Å². The van der Waals surface area contributed by atoms with E-state index in [2.05, 4.69) is 20.4 Å². The maximum absolute atomic E-state index is 11.7. The number of non-ortho nitro benzene ring substituents is 1. The summed E-state index contributed by atoms with van der Waals surface area (Å²) in [5.41, 5.74) is 0.965. The zero-order valence-electron chi connectivity index (χ0n) is 12.4. The lowest BCUT2D eigenvalue weighted by molar-refractivity contribution is -0.385. The van der Waals surface area contributed by atoms with Crippen LogP contribution < -0.4 is 5.11 Å². The number of azo groups is 1. The highest BCUT2D eigenvalue weighted by Gasteiger charge is 2.19. The highest BCUT2D eigenvalue weighted by Crippen LogP contribution is 2.27. The molecule has 24 heavy (non-hydrogen) atoms. The van der Waals surface area contributed by atoms with Crippen LogP contribution in [-0.2, 0) is 0 Å². The van der Waals surface area contributed by atoms with E-state index in [-0.39, 0.29) is 23.0 Å². The number of nitro benzene ring substituents is 1. The van der Waals surface area contributed by atoms with Gasteiger partial charge in [-0.3, -0.25) is 10.1 Å². The average Bonchev–Trinajstić information content (AvgIpc) is 3.06. The van der Waals surface area contributed by atoms with Crippen LogP contribution in [0.1, 0.15) is 23.6 Å². The lowest BCUT2D eigenvalue weighted by Gasteiger charge is -2.07.